The maximum absolute atomic E-state index is 12.4. The molecule has 27 heavy (non-hydrogen) atoms. The lowest BCUT2D eigenvalue weighted by molar-refractivity contribution is 0.240. The Kier molecular flexibility index (Phi) is 3.76. The first kappa shape index (κ1) is 15.8. The Morgan fingerprint density at radius 2 is 1.78 bits per heavy atom. The molecule has 0 saturated heterocycles. The van der Waals surface area contributed by atoms with Crippen LogP contribution in [-0.2, 0) is 0 Å². The van der Waals surface area contributed by atoms with E-state index in [9.17, 15) is 4.79 Å². The Labute approximate surface area is 159 Å². The third kappa shape index (κ3) is 2.80. The van der Waals surface area contributed by atoms with Gasteiger partial charge in [0.05, 0.1) is 22.2 Å². The van der Waals surface area contributed by atoms with Gasteiger partial charge in [-0.25, -0.2) is 9.78 Å². The average Bonchev–Trinajstić information content (AvgIpc) is 3.37. The van der Waals surface area contributed by atoms with Gasteiger partial charge in [-0.15, -0.1) is 11.3 Å². The fourth-order valence-electron chi connectivity index (χ4n) is 3.28. The lowest BCUT2D eigenvalue weighted by atomic mass is 9.97. The van der Waals surface area contributed by atoms with Gasteiger partial charge in [-0.3, -0.25) is 0 Å². The lowest BCUT2D eigenvalue weighted by Crippen LogP contribution is -2.42. The van der Waals surface area contributed by atoms with Gasteiger partial charge in [-0.2, -0.15) is 0 Å². The first-order valence-corrected chi connectivity index (χ1v) is 9.38. The molecule has 6 heteroatoms. The summed E-state index contributed by atoms with van der Waals surface area (Å²) >= 11 is 1.60. The van der Waals surface area contributed by atoms with Crippen molar-refractivity contribution in [2.45, 2.75) is 6.04 Å². The summed E-state index contributed by atoms with van der Waals surface area (Å²) in [7, 11) is 0. The molecule has 1 atom stereocenters. The first-order chi connectivity index (χ1) is 13.3. The minimum absolute atomic E-state index is 0.264. The monoisotopic (exact) mass is 373 g/mol. The third-order valence-electron chi connectivity index (χ3n) is 4.49. The molecule has 2 aromatic carbocycles. The molecule has 132 valence electrons. The molecule has 1 aliphatic rings. The van der Waals surface area contributed by atoms with Crippen molar-refractivity contribution in [1.29, 1.82) is 0 Å². The number of hydrogen-bond donors (Lipinski definition) is 2. The van der Waals surface area contributed by atoms with E-state index >= 15 is 0 Å². The summed E-state index contributed by atoms with van der Waals surface area (Å²) < 4.78 is 6.73. The Balaban J connectivity index is 1.78. The Morgan fingerprint density at radius 3 is 2.56 bits per heavy atom. The molecule has 0 spiro atoms. The maximum Gasteiger partial charge on any atom is 0.320 e. The normalized spacial score (nSPS) is 17.0. The number of nitrogens with one attached hydrogen (secondary N) is 2. The molecule has 2 N–H and O–H groups in total. The van der Waals surface area contributed by atoms with Gasteiger partial charge in [-0.05, 0) is 29.8 Å². The number of carbonyl (C=O) groups is 1. The van der Waals surface area contributed by atoms with Crippen LogP contribution in [0.1, 0.15) is 22.4 Å². The van der Waals surface area contributed by atoms with E-state index in [0.29, 0.717) is 5.76 Å². The van der Waals surface area contributed by atoms with Crippen LogP contribution in [0.5, 0.6) is 0 Å². The minimum atomic E-state index is -0.412. The summed E-state index contributed by atoms with van der Waals surface area (Å²) in [5.74, 6) is 0.674. The van der Waals surface area contributed by atoms with Crippen molar-refractivity contribution in [2.24, 2.45) is 0 Å². The Bertz CT molecular complexity index is 1110. The summed E-state index contributed by atoms with van der Waals surface area (Å²) in [6.07, 6.45) is 1.61. The van der Waals surface area contributed by atoms with Gasteiger partial charge in [0.2, 0.25) is 0 Å². The average molecular weight is 373 g/mol. The van der Waals surface area contributed by atoms with Crippen LogP contribution in [0.15, 0.2) is 77.4 Å². The number of para-hydroxylation sites is 1. The topological polar surface area (TPSA) is 67.2 Å². The molecule has 5 nitrogen and oxygen atoms in total. The van der Waals surface area contributed by atoms with Gasteiger partial charge in [0, 0.05) is 5.57 Å². The van der Waals surface area contributed by atoms with Gasteiger partial charge in [-0.1, -0.05) is 42.5 Å². The number of urea groups is 1. The maximum atomic E-state index is 12.4. The smallest absolute Gasteiger partial charge is 0.320 e. The van der Waals surface area contributed by atoms with E-state index in [0.717, 1.165) is 32.1 Å². The first-order valence-electron chi connectivity index (χ1n) is 8.56. The standard InChI is InChI=1S/C21H15N3O2S/c25-21-23-18(13-7-2-1-3-8-13)17(19(24-21)15-10-6-12-26-15)20-22-14-9-4-5-11-16(14)27-20/h1-12,19H,(H2,23,24,25)/t19-/m1/s1. The molecule has 0 radical (unpaired) electrons. The molecule has 0 bridgehead atoms. The van der Waals surface area contributed by atoms with Crippen LogP contribution in [-0.4, -0.2) is 11.0 Å². The van der Waals surface area contributed by atoms with Gasteiger partial charge >= 0.3 is 6.03 Å². The van der Waals surface area contributed by atoms with Crippen molar-refractivity contribution >= 4 is 38.9 Å². The van der Waals surface area contributed by atoms with Crippen LogP contribution >= 0.6 is 11.3 Å². The second-order valence-corrected chi connectivity index (χ2v) is 7.22. The molecular formula is C21H15N3O2S. The number of hydrogen-bond acceptors (Lipinski definition) is 4. The highest BCUT2D eigenvalue weighted by Crippen LogP contribution is 2.40. The van der Waals surface area contributed by atoms with E-state index in [1.165, 1.54) is 0 Å². The summed E-state index contributed by atoms with van der Waals surface area (Å²) in [5, 5.41) is 6.80. The van der Waals surface area contributed by atoms with Crippen molar-refractivity contribution in [3.63, 3.8) is 0 Å². The van der Waals surface area contributed by atoms with Crippen molar-refractivity contribution < 1.29 is 9.21 Å². The quantitative estimate of drug-likeness (QED) is 0.541. The van der Waals surface area contributed by atoms with Crippen LogP contribution in [0.25, 0.3) is 21.5 Å². The van der Waals surface area contributed by atoms with Gasteiger partial charge < -0.3 is 15.1 Å². The van der Waals surface area contributed by atoms with Crippen molar-refractivity contribution in [3.05, 3.63) is 89.3 Å². The predicted molar refractivity (Wildman–Crippen MR) is 106 cm³/mol. The van der Waals surface area contributed by atoms with Crippen molar-refractivity contribution in [3.8, 4) is 0 Å². The number of fused-ring (bicyclic) bond motifs is 1. The van der Waals surface area contributed by atoms with Gasteiger partial charge in [0.25, 0.3) is 0 Å². The van der Waals surface area contributed by atoms with Gasteiger partial charge in [0.1, 0.15) is 16.8 Å². The predicted octanol–water partition coefficient (Wildman–Crippen LogP) is 4.81. The third-order valence-corrected chi connectivity index (χ3v) is 5.56. The fraction of sp³-hybridized carbons (Fsp3) is 0.0476. The van der Waals surface area contributed by atoms with Crippen molar-refractivity contribution in [2.75, 3.05) is 0 Å². The molecule has 4 aromatic rings. The molecular weight excluding hydrogens is 358 g/mol. The molecule has 0 aliphatic carbocycles. The molecule has 1 aliphatic heterocycles. The molecule has 0 fully saturated rings. The zero-order valence-corrected chi connectivity index (χ0v) is 15.0. The molecule has 0 saturated carbocycles. The Morgan fingerprint density at radius 1 is 0.963 bits per heavy atom. The fourth-order valence-corrected chi connectivity index (χ4v) is 4.33. The highest BCUT2D eigenvalue weighted by Gasteiger charge is 2.33. The van der Waals surface area contributed by atoms with E-state index in [4.69, 9.17) is 9.40 Å². The van der Waals surface area contributed by atoms with E-state index in [1.54, 1.807) is 17.6 Å². The number of thiazole rings is 1. The second-order valence-electron chi connectivity index (χ2n) is 6.19. The molecule has 5 rings (SSSR count). The second kappa shape index (κ2) is 6.41. The van der Waals surface area contributed by atoms with E-state index in [-0.39, 0.29) is 6.03 Å². The van der Waals surface area contributed by atoms with E-state index in [1.807, 2.05) is 60.7 Å². The lowest BCUT2D eigenvalue weighted by Gasteiger charge is -2.28. The highest BCUT2D eigenvalue weighted by molar-refractivity contribution is 7.19. The number of nitrogens with zero attached hydrogens (tertiary/aromatic N) is 1. The zero-order valence-electron chi connectivity index (χ0n) is 14.2. The highest BCUT2D eigenvalue weighted by atomic mass is 32.1. The summed E-state index contributed by atoms with van der Waals surface area (Å²) in [4.78, 5) is 17.2. The summed E-state index contributed by atoms with van der Waals surface area (Å²) in [5.41, 5.74) is 3.52. The van der Waals surface area contributed by atoms with Crippen LogP contribution < -0.4 is 10.6 Å². The SMILES string of the molecule is O=C1NC(c2ccccc2)=C(c2nc3ccccc3s2)[C@@H](c2ccco2)N1. The number of aromatic nitrogens is 1. The van der Waals surface area contributed by atoms with Gasteiger partial charge in [0.15, 0.2) is 0 Å². The number of carbonyl (C=O) groups excluding carboxylic acids is 1. The van der Waals surface area contributed by atoms with Crippen LogP contribution in [0.3, 0.4) is 0 Å². The largest absolute Gasteiger partial charge is 0.467 e. The molecule has 0 unspecified atom stereocenters. The van der Waals surface area contributed by atoms with Crippen LogP contribution in [0.4, 0.5) is 4.79 Å². The number of benzene rings is 2. The van der Waals surface area contributed by atoms with E-state index in [2.05, 4.69) is 16.7 Å². The van der Waals surface area contributed by atoms with Crippen LogP contribution in [0.2, 0.25) is 0 Å². The van der Waals surface area contributed by atoms with Crippen LogP contribution in [0, 0.1) is 0 Å². The number of amides is 2. The molecule has 2 amide bonds. The summed E-state index contributed by atoms with van der Waals surface area (Å²) in [6.45, 7) is 0. The minimum Gasteiger partial charge on any atom is -0.467 e. The number of furan rings is 1. The number of rotatable bonds is 3. The van der Waals surface area contributed by atoms with Crippen molar-refractivity contribution in [1.82, 2.24) is 15.6 Å². The Hall–Kier alpha value is -3.38. The zero-order chi connectivity index (χ0) is 18.2. The van der Waals surface area contributed by atoms with E-state index < -0.39 is 6.04 Å². The molecule has 2 aromatic heterocycles. The molecule has 3 heterocycles. The summed E-state index contributed by atoms with van der Waals surface area (Å²) in [6, 6.07) is 20.9.